The number of hydrogen-bond donors (Lipinski definition) is 0. The summed E-state index contributed by atoms with van der Waals surface area (Å²) in [5.41, 5.74) is 4.02. The lowest BCUT2D eigenvalue weighted by atomic mass is 9.85. The van der Waals surface area contributed by atoms with Crippen LogP contribution < -0.4 is 0 Å². The summed E-state index contributed by atoms with van der Waals surface area (Å²) in [6.07, 6.45) is 3.36. The number of aromatic nitrogens is 1. The number of amides is 1. The Bertz CT molecular complexity index is 832. The van der Waals surface area contributed by atoms with Crippen molar-refractivity contribution in [3.8, 4) is 0 Å². The molecule has 27 heavy (non-hydrogen) atoms. The number of pyridine rings is 1. The van der Waals surface area contributed by atoms with E-state index in [4.69, 9.17) is 16.3 Å². The quantitative estimate of drug-likeness (QED) is 0.584. The third-order valence-electron chi connectivity index (χ3n) is 4.69. The summed E-state index contributed by atoms with van der Waals surface area (Å²) >= 11 is 6.10. The molecule has 0 bridgehead atoms. The molecular formula is C22H25ClN2O2. The fourth-order valence-corrected chi connectivity index (χ4v) is 3.23. The molecule has 0 atom stereocenters. The van der Waals surface area contributed by atoms with E-state index < -0.39 is 0 Å². The van der Waals surface area contributed by atoms with Gasteiger partial charge in [-0.2, -0.15) is 0 Å². The van der Waals surface area contributed by atoms with Crippen LogP contribution in [0.25, 0.3) is 5.57 Å². The second-order valence-corrected chi connectivity index (χ2v) is 8.08. The van der Waals surface area contributed by atoms with Gasteiger partial charge in [-0.05, 0) is 39.8 Å². The maximum Gasteiger partial charge on any atom is 0.247 e. The minimum Gasteiger partial charge on any atom is -0.378 e. The number of nitrogens with zero attached hydrogens (tertiary/aromatic N) is 2. The van der Waals surface area contributed by atoms with E-state index in [1.54, 1.807) is 18.3 Å². The van der Waals surface area contributed by atoms with E-state index in [2.05, 4.69) is 50.0 Å². The van der Waals surface area contributed by atoms with E-state index in [1.165, 1.54) is 5.56 Å². The predicted molar refractivity (Wildman–Crippen MR) is 109 cm³/mol. The Morgan fingerprint density at radius 3 is 2.37 bits per heavy atom. The van der Waals surface area contributed by atoms with Crippen LogP contribution in [0.2, 0.25) is 5.15 Å². The molecule has 0 radical (unpaired) electrons. The van der Waals surface area contributed by atoms with Crippen molar-refractivity contribution in [1.82, 2.24) is 9.88 Å². The summed E-state index contributed by atoms with van der Waals surface area (Å²) in [5.74, 6) is -0.0128. The zero-order chi connectivity index (χ0) is 19.4. The number of carbonyl (C=O) groups excluding carboxylic acids is 1. The maximum absolute atomic E-state index is 12.8. The number of hydrogen-bond acceptors (Lipinski definition) is 3. The van der Waals surface area contributed by atoms with Crippen LogP contribution in [-0.2, 0) is 14.9 Å². The van der Waals surface area contributed by atoms with Crippen molar-refractivity contribution in [2.45, 2.75) is 26.2 Å². The number of rotatable bonds is 3. The first-order valence-electron chi connectivity index (χ1n) is 9.16. The summed E-state index contributed by atoms with van der Waals surface area (Å²) in [4.78, 5) is 18.7. The van der Waals surface area contributed by atoms with Gasteiger partial charge in [0.05, 0.1) is 13.2 Å². The Morgan fingerprint density at radius 2 is 1.78 bits per heavy atom. The fourth-order valence-electron chi connectivity index (χ4n) is 3.05. The number of ether oxygens (including phenoxy) is 1. The number of benzene rings is 1. The second-order valence-electron chi connectivity index (χ2n) is 7.69. The standard InChI is InChI=1S/C22H25ClN2O2/c1-22(2,3)18-6-4-16(5-7-18)19(17-8-9-24-20(23)14-17)15-21(26)25-10-12-27-13-11-25/h4-9,14-15H,10-13H2,1-3H3/b19-15-. The third-order valence-corrected chi connectivity index (χ3v) is 4.90. The SMILES string of the molecule is CC(C)(C)c1ccc(/C(=C/C(=O)N2CCOCC2)c2ccnc(Cl)c2)cc1. The average Bonchev–Trinajstić information content (AvgIpc) is 2.66. The minimum atomic E-state index is -0.0128. The van der Waals surface area contributed by atoms with Crippen LogP contribution in [0.15, 0.2) is 48.7 Å². The molecule has 0 spiro atoms. The molecule has 1 aromatic heterocycles. The van der Waals surface area contributed by atoms with Crippen LogP contribution in [0.3, 0.4) is 0 Å². The van der Waals surface area contributed by atoms with Crippen LogP contribution >= 0.6 is 11.6 Å². The van der Waals surface area contributed by atoms with Gasteiger partial charge in [0.1, 0.15) is 5.15 Å². The molecule has 4 nitrogen and oxygen atoms in total. The lowest BCUT2D eigenvalue weighted by Crippen LogP contribution is -2.39. The normalized spacial score (nSPS) is 15.7. The summed E-state index contributed by atoms with van der Waals surface area (Å²) in [5, 5.41) is 0.406. The van der Waals surface area contributed by atoms with Crippen molar-refractivity contribution in [2.24, 2.45) is 0 Å². The van der Waals surface area contributed by atoms with Crippen molar-refractivity contribution in [1.29, 1.82) is 0 Å². The van der Waals surface area contributed by atoms with Gasteiger partial charge in [-0.3, -0.25) is 4.79 Å². The molecule has 5 heteroatoms. The van der Waals surface area contributed by atoms with Crippen molar-refractivity contribution >= 4 is 23.1 Å². The van der Waals surface area contributed by atoms with Crippen molar-refractivity contribution in [3.05, 3.63) is 70.5 Å². The molecule has 1 aliphatic rings. The highest BCUT2D eigenvalue weighted by molar-refractivity contribution is 6.29. The predicted octanol–water partition coefficient (Wildman–Crippen LogP) is 4.32. The van der Waals surface area contributed by atoms with Crippen LogP contribution in [-0.4, -0.2) is 42.1 Å². The second kappa shape index (κ2) is 8.24. The van der Waals surface area contributed by atoms with Gasteiger partial charge in [0, 0.05) is 25.4 Å². The van der Waals surface area contributed by atoms with Crippen molar-refractivity contribution in [2.75, 3.05) is 26.3 Å². The Hall–Kier alpha value is -2.17. The van der Waals surface area contributed by atoms with E-state index in [-0.39, 0.29) is 11.3 Å². The molecule has 1 aromatic carbocycles. The Balaban J connectivity index is 1.99. The molecule has 2 aromatic rings. The summed E-state index contributed by atoms with van der Waals surface area (Å²) in [6, 6.07) is 12.0. The van der Waals surface area contributed by atoms with Gasteiger partial charge in [-0.15, -0.1) is 0 Å². The van der Waals surface area contributed by atoms with Gasteiger partial charge in [-0.1, -0.05) is 56.6 Å². The lowest BCUT2D eigenvalue weighted by Gasteiger charge is -2.26. The first kappa shape index (κ1) is 19.6. The lowest BCUT2D eigenvalue weighted by molar-refractivity contribution is -0.129. The molecule has 1 saturated heterocycles. The Kier molecular flexibility index (Phi) is 5.98. The summed E-state index contributed by atoms with van der Waals surface area (Å²) < 4.78 is 5.34. The largest absolute Gasteiger partial charge is 0.378 e. The van der Waals surface area contributed by atoms with E-state index in [9.17, 15) is 4.79 Å². The molecule has 2 heterocycles. The maximum atomic E-state index is 12.8. The zero-order valence-corrected chi connectivity index (χ0v) is 16.8. The first-order chi connectivity index (χ1) is 12.8. The van der Waals surface area contributed by atoms with E-state index in [0.717, 1.165) is 16.7 Å². The number of morpholine rings is 1. The van der Waals surface area contributed by atoms with E-state index in [1.807, 2.05) is 11.0 Å². The smallest absolute Gasteiger partial charge is 0.247 e. The Morgan fingerprint density at radius 1 is 1.11 bits per heavy atom. The average molecular weight is 385 g/mol. The monoisotopic (exact) mass is 384 g/mol. The van der Waals surface area contributed by atoms with E-state index >= 15 is 0 Å². The first-order valence-corrected chi connectivity index (χ1v) is 9.53. The topological polar surface area (TPSA) is 42.4 Å². The van der Waals surface area contributed by atoms with E-state index in [0.29, 0.717) is 31.5 Å². The van der Waals surface area contributed by atoms with Gasteiger partial charge in [0.15, 0.2) is 0 Å². The van der Waals surface area contributed by atoms with Crippen molar-refractivity contribution in [3.63, 3.8) is 0 Å². The van der Waals surface area contributed by atoms with Crippen LogP contribution in [0, 0.1) is 0 Å². The zero-order valence-electron chi connectivity index (χ0n) is 16.0. The van der Waals surface area contributed by atoms with Crippen molar-refractivity contribution < 1.29 is 9.53 Å². The fraction of sp³-hybridized carbons (Fsp3) is 0.364. The molecule has 142 valence electrons. The molecule has 0 aliphatic carbocycles. The molecule has 1 amide bonds. The molecular weight excluding hydrogens is 360 g/mol. The van der Waals surface area contributed by atoms with Gasteiger partial charge in [-0.25, -0.2) is 4.98 Å². The van der Waals surface area contributed by atoms with Gasteiger partial charge < -0.3 is 9.64 Å². The van der Waals surface area contributed by atoms with Gasteiger partial charge >= 0.3 is 0 Å². The number of halogens is 1. The molecule has 1 aliphatic heterocycles. The summed E-state index contributed by atoms with van der Waals surface area (Å²) in [6.45, 7) is 8.94. The highest BCUT2D eigenvalue weighted by Gasteiger charge is 2.18. The highest BCUT2D eigenvalue weighted by atomic mass is 35.5. The summed E-state index contributed by atoms with van der Waals surface area (Å²) in [7, 11) is 0. The van der Waals surface area contributed by atoms with Gasteiger partial charge in [0.2, 0.25) is 5.91 Å². The Labute approximate surface area is 165 Å². The molecule has 3 rings (SSSR count). The molecule has 1 fully saturated rings. The highest BCUT2D eigenvalue weighted by Crippen LogP contribution is 2.28. The molecule has 0 N–H and O–H groups in total. The molecule has 0 saturated carbocycles. The number of carbonyl (C=O) groups is 1. The van der Waals surface area contributed by atoms with Crippen LogP contribution in [0.4, 0.5) is 0 Å². The van der Waals surface area contributed by atoms with Crippen LogP contribution in [0.1, 0.15) is 37.5 Å². The van der Waals surface area contributed by atoms with Crippen LogP contribution in [0.5, 0.6) is 0 Å². The van der Waals surface area contributed by atoms with Gasteiger partial charge in [0.25, 0.3) is 0 Å². The minimum absolute atomic E-state index is 0.0128. The third kappa shape index (κ3) is 4.96. The molecule has 0 unspecified atom stereocenters.